The molecular formula is C6H14N2. The Kier molecular flexibility index (Phi) is 4.32. The van der Waals surface area contributed by atoms with Gasteiger partial charge in [0.05, 0.1) is 0 Å². The second-order valence-corrected chi connectivity index (χ2v) is 1.47. The van der Waals surface area contributed by atoms with Crippen LogP contribution in [0.2, 0.25) is 0 Å². The van der Waals surface area contributed by atoms with Crippen LogP contribution < -0.4 is 0 Å². The monoisotopic (exact) mass is 114 g/mol. The molecule has 0 bridgehead atoms. The summed E-state index contributed by atoms with van der Waals surface area (Å²) in [4.78, 5) is 0. The van der Waals surface area contributed by atoms with Gasteiger partial charge in [0.25, 0.3) is 0 Å². The molecule has 0 aliphatic carbocycles. The first-order valence-electron chi connectivity index (χ1n) is 3.13. The third-order valence-electron chi connectivity index (χ3n) is 0.861. The van der Waals surface area contributed by atoms with Crippen LogP contribution in [0.5, 0.6) is 0 Å². The normalized spacial score (nSPS) is 15.6. The maximum absolute atomic E-state index is 3.94. The van der Waals surface area contributed by atoms with Crippen molar-refractivity contribution in [3.05, 3.63) is 0 Å². The summed E-state index contributed by atoms with van der Waals surface area (Å²) in [5, 5.41) is 5.88. The third-order valence-corrected chi connectivity index (χ3v) is 0.861. The molecule has 0 saturated heterocycles. The molecule has 2 heteroatoms. The number of nitrogens with zero attached hydrogens (tertiary/aromatic N) is 2. The minimum Gasteiger partial charge on any atom is -0.300 e. The highest BCUT2D eigenvalue weighted by Gasteiger charge is 1.94. The Hall–Kier alpha value is -0.530. The molecule has 0 aromatic heterocycles. The van der Waals surface area contributed by atoms with E-state index in [0.29, 0.717) is 0 Å². The van der Waals surface area contributed by atoms with Crippen LogP contribution in [-0.2, 0) is 0 Å². The van der Waals surface area contributed by atoms with Crippen LogP contribution in [0, 0.1) is 0 Å². The fourth-order valence-electron chi connectivity index (χ4n) is 0.499. The minimum atomic E-state index is 1.10. The molecular weight excluding hydrogens is 100 g/mol. The first-order chi connectivity index (χ1) is 3.89. The Bertz CT molecular complexity index is 68.9. The lowest BCUT2D eigenvalue weighted by Gasteiger charge is -2.00. The van der Waals surface area contributed by atoms with Gasteiger partial charge in [0.15, 0.2) is 0 Å². The maximum atomic E-state index is 3.94. The van der Waals surface area contributed by atoms with E-state index in [9.17, 15) is 0 Å². The van der Waals surface area contributed by atoms with E-state index in [1.807, 2.05) is 32.1 Å². The van der Waals surface area contributed by atoms with Crippen LogP contribution in [0.15, 0.2) is 5.10 Å². The average Bonchev–Trinajstić information content (AvgIpc) is 2.24. The highest BCUT2D eigenvalue weighted by atomic mass is 15.4. The molecule has 0 radical (unpaired) electrons. The molecule has 48 valence electrons. The molecule has 0 spiro atoms. The SMILES string of the molecule is CC.CN1CCC=N1. The lowest BCUT2D eigenvalue weighted by atomic mass is 10.5. The van der Waals surface area contributed by atoms with Gasteiger partial charge in [-0.2, -0.15) is 5.10 Å². The van der Waals surface area contributed by atoms with Gasteiger partial charge in [0, 0.05) is 26.2 Å². The van der Waals surface area contributed by atoms with Gasteiger partial charge in [-0.3, -0.25) is 0 Å². The summed E-state index contributed by atoms with van der Waals surface area (Å²) in [6, 6.07) is 0. The molecule has 0 N–H and O–H groups in total. The van der Waals surface area contributed by atoms with Crippen LogP contribution in [0.1, 0.15) is 20.3 Å². The summed E-state index contributed by atoms with van der Waals surface area (Å²) in [7, 11) is 1.98. The van der Waals surface area contributed by atoms with Gasteiger partial charge in [0.1, 0.15) is 0 Å². The Labute approximate surface area is 51.2 Å². The summed E-state index contributed by atoms with van der Waals surface area (Å²) < 4.78 is 0. The fraction of sp³-hybridized carbons (Fsp3) is 0.833. The third kappa shape index (κ3) is 2.61. The van der Waals surface area contributed by atoms with Crippen molar-refractivity contribution in [1.29, 1.82) is 0 Å². The van der Waals surface area contributed by atoms with Crippen molar-refractivity contribution in [3.8, 4) is 0 Å². The minimum absolute atomic E-state index is 1.10. The molecule has 0 atom stereocenters. The van der Waals surface area contributed by atoms with Crippen molar-refractivity contribution in [1.82, 2.24) is 5.01 Å². The second kappa shape index (κ2) is 4.62. The molecule has 1 aliphatic rings. The molecule has 0 unspecified atom stereocenters. The number of hydrogen-bond acceptors (Lipinski definition) is 2. The van der Waals surface area contributed by atoms with E-state index in [0.717, 1.165) is 13.0 Å². The number of hydrazone groups is 1. The predicted octanol–water partition coefficient (Wildman–Crippen LogP) is 1.33. The molecule has 0 amide bonds. The van der Waals surface area contributed by atoms with Gasteiger partial charge in [-0.1, -0.05) is 13.8 Å². The fourth-order valence-corrected chi connectivity index (χ4v) is 0.499. The Morgan fingerprint density at radius 1 is 1.50 bits per heavy atom. The molecule has 8 heavy (non-hydrogen) atoms. The van der Waals surface area contributed by atoms with Crippen LogP contribution >= 0.6 is 0 Å². The van der Waals surface area contributed by atoms with Gasteiger partial charge in [-0.05, 0) is 0 Å². The first kappa shape index (κ1) is 7.47. The molecule has 1 heterocycles. The highest BCUT2D eigenvalue weighted by Crippen LogP contribution is 1.91. The summed E-state index contributed by atoms with van der Waals surface area (Å²) in [5.74, 6) is 0. The van der Waals surface area contributed by atoms with Crippen molar-refractivity contribution < 1.29 is 0 Å². The van der Waals surface area contributed by atoms with E-state index in [-0.39, 0.29) is 0 Å². The van der Waals surface area contributed by atoms with Crippen molar-refractivity contribution in [2.45, 2.75) is 20.3 Å². The number of rotatable bonds is 0. The van der Waals surface area contributed by atoms with Crippen molar-refractivity contribution in [3.63, 3.8) is 0 Å². The first-order valence-corrected chi connectivity index (χ1v) is 3.13. The molecule has 0 aromatic carbocycles. The largest absolute Gasteiger partial charge is 0.300 e. The lowest BCUT2D eigenvalue weighted by Crippen LogP contribution is -2.04. The highest BCUT2D eigenvalue weighted by molar-refractivity contribution is 5.58. The maximum Gasteiger partial charge on any atom is 0.0407 e. The molecule has 0 aromatic rings. The zero-order valence-corrected chi connectivity index (χ0v) is 5.89. The summed E-state index contributed by atoms with van der Waals surface area (Å²) >= 11 is 0. The van der Waals surface area contributed by atoms with E-state index in [1.54, 1.807) is 0 Å². The van der Waals surface area contributed by atoms with E-state index in [1.165, 1.54) is 0 Å². The van der Waals surface area contributed by atoms with Gasteiger partial charge in [-0.25, -0.2) is 0 Å². The molecule has 0 fully saturated rings. The Morgan fingerprint density at radius 3 is 2.25 bits per heavy atom. The summed E-state index contributed by atoms with van der Waals surface area (Å²) in [5.41, 5.74) is 0. The number of hydrogen-bond donors (Lipinski definition) is 0. The van der Waals surface area contributed by atoms with Crippen LogP contribution in [0.3, 0.4) is 0 Å². The van der Waals surface area contributed by atoms with E-state index in [4.69, 9.17) is 0 Å². The Balaban J connectivity index is 0.000000222. The molecule has 1 aliphatic heterocycles. The van der Waals surface area contributed by atoms with Crippen molar-refractivity contribution >= 4 is 6.21 Å². The van der Waals surface area contributed by atoms with Crippen LogP contribution in [-0.4, -0.2) is 24.8 Å². The average molecular weight is 114 g/mol. The van der Waals surface area contributed by atoms with Crippen molar-refractivity contribution in [2.24, 2.45) is 5.10 Å². The van der Waals surface area contributed by atoms with Gasteiger partial charge in [-0.15, -0.1) is 0 Å². The second-order valence-electron chi connectivity index (χ2n) is 1.47. The molecule has 2 nitrogen and oxygen atoms in total. The zero-order chi connectivity index (χ0) is 6.41. The standard InChI is InChI=1S/C4H8N2.C2H6/c1-6-4-2-3-5-6;1-2/h3H,2,4H2,1H3;1-2H3. The van der Waals surface area contributed by atoms with Crippen LogP contribution in [0.4, 0.5) is 0 Å². The zero-order valence-electron chi connectivity index (χ0n) is 5.89. The van der Waals surface area contributed by atoms with Gasteiger partial charge < -0.3 is 5.01 Å². The van der Waals surface area contributed by atoms with Crippen molar-refractivity contribution in [2.75, 3.05) is 13.6 Å². The van der Waals surface area contributed by atoms with Gasteiger partial charge in [0.2, 0.25) is 0 Å². The lowest BCUT2D eigenvalue weighted by molar-refractivity contribution is 0.393. The Morgan fingerprint density at radius 2 is 2.12 bits per heavy atom. The molecule has 1 rings (SSSR count). The van der Waals surface area contributed by atoms with E-state index < -0.39 is 0 Å². The topological polar surface area (TPSA) is 15.6 Å². The van der Waals surface area contributed by atoms with Gasteiger partial charge >= 0.3 is 0 Å². The smallest absolute Gasteiger partial charge is 0.0407 e. The molecule has 0 saturated carbocycles. The summed E-state index contributed by atoms with van der Waals surface area (Å²) in [6.45, 7) is 5.10. The quantitative estimate of drug-likeness (QED) is 0.464. The van der Waals surface area contributed by atoms with E-state index in [2.05, 4.69) is 5.10 Å². The predicted molar refractivity (Wildman–Crippen MR) is 37.1 cm³/mol. The van der Waals surface area contributed by atoms with E-state index >= 15 is 0 Å². The summed E-state index contributed by atoms with van der Waals surface area (Å²) in [6.07, 6.45) is 3.05. The van der Waals surface area contributed by atoms with Crippen LogP contribution in [0.25, 0.3) is 0 Å².